The minimum absolute atomic E-state index is 0.0513. The van der Waals surface area contributed by atoms with Crippen LogP contribution in [-0.2, 0) is 15.6 Å². The number of hydrogen-bond donors (Lipinski definition) is 1. The van der Waals surface area contributed by atoms with Crippen LogP contribution in [-0.4, -0.2) is 19.7 Å². The second kappa shape index (κ2) is 5.41. The molecular weight excluding hydrogens is 246 g/mol. The first kappa shape index (κ1) is 13.6. The van der Waals surface area contributed by atoms with Gasteiger partial charge in [-0.15, -0.1) is 0 Å². The highest BCUT2D eigenvalue weighted by Crippen LogP contribution is 2.26. The third-order valence-corrected chi connectivity index (χ3v) is 5.95. The zero-order valence-corrected chi connectivity index (χ0v) is 11.6. The normalized spacial score (nSPS) is 25.0. The van der Waals surface area contributed by atoms with E-state index in [0.717, 1.165) is 30.4 Å². The average Bonchev–Trinajstić information content (AvgIpc) is 2.32. The van der Waals surface area contributed by atoms with Crippen LogP contribution in [0.2, 0.25) is 0 Å². The lowest BCUT2D eigenvalue weighted by Crippen LogP contribution is -2.35. The Morgan fingerprint density at radius 1 is 1.28 bits per heavy atom. The fourth-order valence-electron chi connectivity index (χ4n) is 2.61. The first-order valence-electron chi connectivity index (χ1n) is 6.50. The Morgan fingerprint density at radius 3 is 2.67 bits per heavy atom. The van der Waals surface area contributed by atoms with Crippen molar-refractivity contribution in [2.75, 3.05) is 0 Å². The molecule has 0 saturated heterocycles. The number of rotatable bonds is 3. The Kier molecular flexibility index (Phi) is 4.07. The first-order valence-corrected chi connectivity index (χ1v) is 8.22. The van der Waals surface area contributed by atoms with E-state index in [0.29, 0.717) is 6.42 Å². The van der Waals surface area contributed by atoms with Gasteiger partial charge >= 0.3 is 0 Å². The lowest BCUT2D eigenvalue weighted by atomic mass is 9.96. The molecule has 1 aliphatic carbocycles. The third-order valence-electron chi connectivity index (χ3n) is 3.79. The monoisotopic (exact) mass is 267 g/mol. The minimum atomic E-state index is -3.07. The second-order valence-corrected chi connectivity index (χ2v) is 7.56. The summed E-state index contributed by atoms with van der Waals surface area (Å²) >= 11 is 0. The molecule has 2 N–H and O–H groups in total. The molecular formula is C14H21NO2S. The Labute approximate surface area is 109 Å². The molecule has 0 heterocycles. The lowest BCUT2D eigenvalue weighted by molar-refractivity contribution is 0.432. The highest BCUT2D eigenvalue weighted by Gasteiger charge is 2.30. The van der Waals surface area contributed by atoms with Crippen LogP contribution >= 0.6 is 0 Å². The molecule has 18 heavy (non-hydrogen) atoms. The van der Waals surface area contributed by atoms with Gasteiger partial charge in [0.1, 0.15) is 0 Å². The maximum absolute atomic E-state index is 12.4. The molecule has 1 aromatic rings. The molecule has 0 aromatic heterocycles. The van der Waals surface area contributed by atoms with Crippen molar-refractivity contribution < 1.29 is 8.42 Å². The third kappa shape index (κ3) is 3.12. The molecule has 0 amide bonds. The van der Waals surface area contributed by atoms with Gasteiger partial charge in [0.2, 0.25) is 0 Å². The van der Waals surface area contributed by atoms with Crippen molar-refractivity contribution in [3.05, 3.63) is 35.4 Å². The van der Waals surface area contributed by atoms with Crippen LogP contribution in [0, 0.1) is 6.92 Å². The van der Waals surface area contributed by atoms with E-state index >= 15 is 0 Å². The van der Waals surface area contributed by atoms with Crippen LogP contribution in [0.4, 0.5) is 0 Å². The van der Waals surface area contributed by atoms with E-state index in [1.807, 2.05) is 31.2 Å². The molecule has 2 rings (SSSR count). The molecule has 4 heteroatoms. The number of sulfone groups is 1. The Bertz CT molecular complexity index is 510. The van der Waals surface area contributed by atoms with E-state index in [1.54, 1.807) is 0 Å². The molecule has 0 aliphatic heterocycles. The minimum Gasteiger partial charge on any atom is -0.328 e. The van der Waals surface area contributed by atoms with Crippen LogP contribution in [0.25, 0.3) is 0 Å². The van der Waals surface area contributed by atoms with E-state index in [-0.39, 0.29) is 17.0 Å². The topological polar surface area (TPSA) is 60.2 Å². The van der Waals surface area contributed by atoms with Crippen molar-refractivity contribution in [2.45, 2.75) is 49.7 Å². The Hall–Kier alpha value is -0.870. The highest BCUT2D eigenvalue weighted by atomic mass is 32.2. The quantitative estimate of drug-likeness (QED) is 0.913. The van der Waals surface area contributed by atoms with Gasteiger partial charge in [-0.3, -0.25) is 0 Å². The van der Waals surface area contributed by atoms with Gasteiger partial charge in [0.05, 0.1) is 11.0 Å². The first-order chi connectivity index (χ1) is 8.49. The van der Waals surface area contributed by atoms with Gasteiger partial charge < -0.3 is 5.73 Å². The van der Waals surface area contributed by atoms with Crippen molar-refractivity contribution in [2.24, 2.45) is 5.73 Å². The van der Waals surface area contributed by atoms with Crippen molar-refractivity contribution in [3.63, 3.8) is 0 Å². The van der Waals surface area contributed by atoms with Gasteiger partial charge in [-0.2, -0.15) is 0 Å². The molecule has 100 valence electrons. The predicted octanol–water partition coefficient (Wildman–Crippen LogP) is 2.18. The summed E-state index contributed by atoms with van der Waals surface area (Å²) in [5.74, 6) is 0.150. The Morgan fingerprint density at radius 2 is 2.00 bits per heavy atom. The molecule has 0 radical (unpaired) electrons. The van der Waals surface area contributed by atoms with Crippen molar-refractivity contribution in [3.8, 4) is 0 Å². The predicted molar refractivity (Wildman–Crippen MR) is 74.0 cm³/mol. The van der Waals surface area contributed by atoms with E-state index in [4.69, 9.17) is 5.73 Å². The lowest BCUT2D eigenvalue weighted by Gasteiger charge is -2.26. The van der Waals surface area contributed by atoms with Gasteiger partial charge in [-0.1, -0.05) is 30.7 Å². The molecule has 1 aliphatic rings. The van der Waals surface area contributed by atoms with Gasteiger partial charge in [0, 0.05) is 6.04 Å². The molecule has 2 atom stereocenters. The fraction of sp³-hybridized carbons (Fsp3) is 0.571. The van der Waals surface area contributed by atoms with Crippen LogP contribution in [0.1, 0.15) is 36.8 Å². The Balaban J connectivity index is 2.14. The number of nitrogens with two attached hydrogens (primary N) is 1. The fourth-order valence-corrected chi connectivity index (χ4v) is 4.67. The maximum atomic E-state index is 12.4. The smallest absolute Gasteiger partial charge is 0.157 e. The molecule has 0 bridgehead atoms. The van der Waals surface area contributed by atoms with Crippen LogP contribution in [0.5, 0.6) is 0 Å². The van der Waals surface area contributed by atoms with Gasteiger partial charge in [-0.05, 0) is 37.3 Å². The van der Waals surface area contributed by atoms with E-state index in [9.17, 15) is 8.42 Å². The summed E-state index contributed by atoms with van der Waals surface area (Å²) in [4.78, 5) is 0. The van der Waals surface area contributed by atoms with Crippen LogP contribution in [0.15, 0.2) is 24.3 Å². The maximum Gasteiger partial charge on any atom is 0.157 e. The van der Waals surface area contributed by atoms with E-state index in [1.165, 1.54) is 0 Å². The number of aryl methyl sites for hydroxylation is 1. The summed E-state index contributed by atoms with van der Waals surface area (Å²) in [7, 11) is -3.07. The molecule has 2 unspecified atom stereocenters. The van der Waals surface area contributed by atoms with Gasteiger partial charge in [0.15, 0.2) is 9.84 Å². The standard InChI is InChI=1S/C14H21NO2S/c1-11-5-2-3-6-12(11)10-18(16,17)14-8-4-7-13(15)9-14/h2-3,5-6,13-14H,4,7-10,15H2,1H3. The zero-order valence-electron chi connectivity index (χ0n) is 10.8. The zero-order chi connectivity index (χ0) is 13.2. The van der Waals surface area contributed by atoms with E-state index in [2.05, 4.69) is 0 Å². The molecule has 1 saturated carbocycles. The van der Waals surface area contributed by atoms with E-state index < -0.39 is 9.84 Å². The summed E-state index contributed by atoms with van der Waals surface area (Å²) in [5.41, 5.74) is 7.84. The van der Waals surface area contributed by atoms with Crippen molar-refractivity contribution >= 4 is 9.84 Å². The van der Waals surface area contributed by atoms with Gasteiger partial charge in [-0.25, -0.2) is 8.42 Å². The van der Waals surface area contributed by atoms with Crippen molar-refractivity contribution in [1.29, 1.82) is 0 Å². The number of benzene rings is 1. The number of hydrogen-bond acceptors (Lipinski definition) is 3. The molecule has 1 fully saturated rings. The van der Waals surface area contributed by atoms with Crippen LogP contribution in [0.3, 0.4) is 0 Å². The summed E-state index contributed by atoms with van der Waals surface area (Å²) in [6, 6.07) is 7.73. The van der Waals surface area contributed by atoms with Crippen molar-refractivity contribution in [1.82, 2.24) is 0 Å². The highest BCUT2D eigenvalue weighted by molar-refractivity contribution is 7.91. The van der Waals surface area contributed by atoms with Gasteiger partial charge in [0.25, 0.3) is 0 Å². The van der Waals surface area contributed by atoms with Crippen LogP contribution < -0.4 is 5.73 Å². The average molecular weight is 267 g/mol. The summed E-state index contributed by atoms with van der Waals surface area (Å²) in [6.07, 6.45) is 3.27. The molecule has 3 nitrogen and oxygen atoms in total. The summed E-state index contributed by atoms with van der Waals surface area (Å²) in [6.45, 7) is 1.96. The summed E-state index contributed by atoms with van der Waals surface area (Å²) in [5, 5.41) is -0.249. The SMILES string of the molecule is Cc1ccccc1CS(=O)(=O)C1CCCC(N)C1. The molecule has 0 spiro atoms. The largest absolute Gasteiger partial charge is 0.328 e. The molecule has 1 aromatic carbocycles. The summed E-state index contributed by atoms with van der Waals surface area (Å²) < 4.78 is 24.8. The second-order valence-electron chi connectivity index (χ2n) is 5.28.